The lowest BCUT2D eigenvalue weighted by Gasteiger charge is -2.28. The first-order chi connectivity index (χ1) is 9.90. The zero-order valence-electron chi connectivity index (χ0n) is 11.8. The van der Waals surface area contributed by atoms with E-state index < -0.39 is 0 Å². The summed E-state index contributed by atoms with van der Waals surface area (Å²) in [4.78, 5) is 4.10. The van der Waals surface area contributed by atoms with Crippen molar-refractivity contribution in [1.29, 1.82) is 0 Å². The molecule has 0 bridgehead atoms. The lowest BCUT2D eigenvalue weighted by Crippen LogP contribution is -2.27. The van der Waals surface area contributed by atoms with Crippen molar-refractivity contribution in [1.82, 2.24) is 10.3 Å². The molecule has 1 N–H and O–H groups in total. The molecule has 0 fully saturated rings. The van der Waals surface area contributed by atoms with E-state index in [-0.39, 0.29) is 6.10 Å². The van der Waals surface area contributed by atoms with Crippen molar-refractivity contribution < 1.29 is 4.74 Å². The van der Waals surface area contributed by atoms with E-state index in [0.717, 1.165) is 26.1 Å². The molecule has 0 saturated carbocycles. The molecule has 1 aliphatic heterocycles. The SMILES string of the molecule is CCNCC1OCCc2c(-c3ccncc3)cccc21. The Labute approximate surface area is 120 Å². The van der Waals surface area contributed by atoms with Gasteiger partial charge in [-0.2, -0.15) is 0 Å². The maximum absolute atomic E-state index is 5.92. The number of hydrogen-bond donors (Lipinski definition) is 1. The molecule has 1 atom stereocenters. The molecule has 1 unspecified atom stereocenters. The Balaban J connectivity index is 1.99. The van der Waals surface area contributed by atoms with Gasteiger partial charge in [-0.15, -0.1) is 0 Å². The predicted octanol–water partition coefficient (Wildman–Crippen LogP) is 2.97. The number of benzene rings is 1. The first kappa shape index (κ1) is 13.3. The average Bonchev–Trinajstić information content (AvgIpc) is 2.53. The van der Waals surface area contributed by atoms with E-state index in [0.29, 0.717) is 0 Å². The second-order valence-electron chi connectivity index (χ2n) is 5.03. The van der Waals surface area contributed by atoms with Crippen LogP contribution in [0, 0.1) is 0 Å². The van der Waals surface area contributed by atoms with Gasteiger partial charge in [-0.05, 0) is 47.4 Å². The van der Waals surface area contributed by atoms with Crippen LogP contribution in [0.1, 0.15) is 24.2 Å². The number of hydrogen-bond acceptors (Lipinski definition) is 3. The molecule has 0 aliphatic carbocycles. The van der Waals surface area contributed by atoms with Crippen LogP contribution in [0.2, 0.25) is 0 Å². The molecule has 1 aromatic heterocycles. The minimum Gasteiger partial charge on any atom is -0.372 e. The van der Waals surface area contributed by atoms with Crippen LogP contribution in [0.5, 0.6) is 0 Å². The molecule has 2 heterocycles. The smallest absolute Gasteiger partial charge is 0.0952 e. The molecule has 104 valence electrons. The molecular weight excluding hydrogens is 248 g/mol. The van der Waals surface area contributed by atoms with Crippen molar-refractivity contribution in [3.05, 3.63) is 53.9 Å². The number of rotatable bonds is 4. The van der Waals surface area contributed by atoms with Gasteiger partial charge in [0.1, 0.15) is 0 Å². The highest BCUT2D eigenvalue weighted by Crippen LogP contribution is 2.33. The zero-order valence-corrected chi connectivity index (χ0v) is 11.8. The molecule has 1 aromatic carbocycles. The molecule has 3 heteroatoms. The van der Waals surface area contributed by atoms with Crippen LogP contribution in [-0.2, 0) is 11.2 Å². The summed E-state index contributed by atoms with van der Waals surface area (Å²) in [5, 5.41) is 3.38. The lowest BCUT2D eigenvalue weighted by molar-refractivity contribution is 0.0431. The first-order valence-electron chi connectivity index (χ1n) is 7.24. The van der Waals surface area contributed by atoms with Crippen molar-refractivity contribution in [2.75, 3.05) is 19.7 Å². The van der Waals surface area contributed by atoms with Crippen molar-refractivity contribution in [2.24, 2.45) is 0 Å². The Bertz CT molecular complexity index is 568. The summed E-state index contributed by atoms with van der Waals surface area (Å²) < 4.78 is 5.92. The Morgan fingerprint density at radius 3 is 2.90 bits per heavy atom. The zero-order chi connectivity index (χ0) is 13.8. The van der Waals surface area contributed by atoms with Crippen LogP contribution in [0.25, 0.3) is 11.1 Å². The number of fused-ring (bicyclic) bond motifs is 1. The van der Waals surface area contributed by atoms with E-state index >= 15 is 0 Å². The Hall–Kier alpha value is -1.71. The predicted molar refractivity (Wildman–Crippen MR) is 80.6 cm³/mol. The van der Waals surface area contributed by atoms with Crippen molar-refractivity contribution >= 4 is 0 Å². The summed E-state index contributed by atoms with van der Waals surface area (Å²) in [6.45, 7) is 4.77. The highest BCUT2D eigenvalue weighted by Gasteiger charge is 2.22. The van der Waals surface area contributed by atoms with Gasteiger partial charge < -0.3 is 10.1 Å². The van der Waals surface area contributed by atoms with Gasteiger partial charge in [-0.3, -0.25) is 4.98 Å². The number of aromatic nitrogens is 1. The van der Waals surface area contributed by atoms with Gasteiger partial charge in [0.25, 0.3) is 0 Å². The third-order valence-corrected chi connectivity index (χ3v) is 3.80. The van der Waals surface area contributed by atoms with E-state index in [1.165, 1.54) is 22.3 Å². The fraction of sp³-hybridized carbons (Fsp3) is 0.353. The maximum atomic E-state index is 5.92. The number of ether oxygens (including phenoxy) is 1. The first-order valence-corrected chi connectivity index (χ1v) is 7.24. The Kier molecular flexibility index (Phi) is 4.09. The van der Waals surface area contributed by atoms with E-state index in [4.69, 9.17) is 4.74 Å². The highest BCUT2D eigenvalue weighted by molar-refractivity contribution is 5.69. The minimum absolute atomic E-state index is 0.167. The number of likely N-dealkylation sites (N-methyl/N-ethyl adjacent to an activating group) is 1. The van der Waals surface area contributed by atoms with Gasteiger partial charge in [0.15, 0.2) is 0 Å². The van der Waals surface area contributed by atoms with Gasteiger partial charge in [0.05, 0.1) is 12.7 Å². The number of nitrogens with zero attached hydrogens (tertiary/aromatic N) is 1. The lowest BCUT2D eigenvalue weighted by atomic mass is 9.90. The molecular formula is C17H20N2O. The third-order valence-electron chi connectivity index (χ3n) is 3.80. The fourth-order valence-corrected chi connectivity index (χ4v) is 2.82. The molecule has 2 aromatic rings. The molecule has 0 amide bonds. The minimum atomic E-state index is 0.167. The van der Waals surface area contributed by atoms with Crippen molar-refractivity contribution in [3.8, 4) is 11.1 Å². The number of pyridine rings is 1. The molecule has 0 saturated heterocycles. The Morgan fingerprint density at radius 1 is 1.25 bits per heavy atom. The van der Waals surface area contributed by atoms with Crippen LogP contribution in [-0.4, -0.2) is 24.7 Å². The fourth-order valence-electron chi connectivity index (χ4n) is 2.82. The van der Waals surface area contributed by atoms with Crippen LogP contribution in [0.4, 0.5) is 0 Å². The average molecular weight is 268 g/mol. The van der Waals surface area contributed by atoms with Gasteiger partial charge in [-0.25, -0.2) is 0 Å². The second kappa shape index (κ2) is 6.16. The molecule has 3 nitrogen and oxygen atoms in total. The standard InChI is InChI=1S/C17H20N2O/c1-2-18-12-17-16-5-3-4-14(15(16)8-11-20-17)13-6-9-19-10-7-13/h3-7,9-10,17-18H,2,8,11-12H2,1H3. The van der Waals surface area contributed by atoms with E-state index in [1.54, 1.807) is 0 Å². The molecule has 1 aliphatic rings. The summed E-state index contributed by atoms with van der Waals surface area (Å²) in [6.07, 6.45) is 4.85. The van der Waals surface area contributed by atoms with Crippen LogP contribution < -0.4 is 5.32 Å². The molecule has 3 rings (SSSR count). The maximum Gasteiger partial charge on any atom is 0.0952 e. The van der Waals surface area contributed by atoms with E-state index in [2.05, 4.69) is 47.6 Å². The van der Waals surface area contributed by atoms with Crippen LogP contribution >= 0.6 is 0 Å². The molecule has 0 spiro atoms. The Morgan fingerprint density at radius 2 is 2.10 bits per heavy atom. The topological polar surface area (TPSA) is 34.1 Å². The monoisotopic (exact) mass is 268 g/mol. The second-order valence-corrected chi connectivity index (χ2v) is 5.03. The van der Waals surface area contributed by atoms with Gasteiger partial charge >= 0.3 is 0 Å². The van der Waals surface area contributed by atoms with Crippen molar-refractivity contribution in [2.45, 2.75) is 19.4 Å². The van der Waals surface area contributed by atoms with Gasteiger partial charge in [0, 0.05) is 18.9 Å². The summed E-state index contributed by atoms with van der Waals surface area (Å²) >= 11 is 0. The molecule has 20 heavy (non-hydrogen) atoms. The van der Waals surface area contributed by atoms with E-state index in [9.17, 15) is 0 Å². The molecule has 0 radical (unpaired) electrons. The summed E-state index contributed by atoms with van der Waals surface area (Å²) in [6, 6.07) is 10.7. The number of nitrogens with one attached hydrogen (secondary N) is 1. The van der Waals surface area contributed by atoms with Gasteiger partial charge in [0.2, 0.25) is 0 Å². The van der Waals surface area contributed by atoms with E-state index in [1.807, 2.05) is 12.4 Å². The summed E-state index contributed by atoms with van der Waals surface area (Å²) in [7, 11) is 0. The quantitative estimate of drug-likeness (QED) is 0.925. The van der Waals surface area contributed by atoms with Crippen molar-refractivity contribution in [3.63, 3.8) is 0 Å². The van der Waals surface area contributed by atoms with Gasteiger partial charge in [-0.1, -0.05) is 25.1 Å². The van der Waals surface area contributed by atoms with Crippen LogP contribution in [0.15, 0.2) is 42.7 Å². The summed E-state index contributed by atoms with van der Waals surface area (Å²) in [5.74, 6) is 0. The largest absolute Gasteiger partial charge is 0.372 e. The summed E-state index contributed by atoms with van der Waals surface area (Å²) in [5.41, 5.74) is 5.30. The highest BCUT2D eigenvalue weighted by atomic mass is 16.5. The van der Waals surface area contributed by atoms with Crippen LogP contribution in [0.3, 0.4) is 0 Å². The third kappa shape index (κ3) is 2.60. The normalized spacial score (nSPS) is 17.8.